The fourth-order valence-corrected chi connectivity index (χ4v) is 1.12. The number of aromatic nitrogens is 1. The standard InChI is InChI=1S/C7H7F2NO3S/c1-14(11,12)13-4-5-2-6(8)10-7(9)3-5/h2-3H,4H2,1H3. The van der Waals surface area contributed by atoms with Crippen molar-refractivity contribution >= 4 is 10.1 Å². The number of nitrogens with zero attached hydrogens (tertiary/aromatic N) is 1. The van der Waals surface area contributed by atoms with Crippen LogP contribution in [0, 0.1) is 11.9 Å². The molecule has 14 heavy (non-hydrogen) atoms. The van der Waals surface area contributed by atoms with Gasteiger partial charge in [-0.3, -0.25) is 4.18 Å². The fraction of sp³-hybridized carbons (Fsp3) is 0.286. The van der Waals surface area contributed by atoms with Crippen molar-refractivity contribution in [2.75, 3.05) is 6.26 Å². The topological polar surface area (TPSA) is 56.3 Å². The van der Waals surface area contributed by atoms with Crippen LogP contribution in [-0.2, 0) is 20.9 Å². The largest absolute Gasteiger partial charge is 0.265 e. The summed E-state index contributed by atoms with van der Waals surface area (Å²) in [5.41, 5.74) is 0.0698. The van der Waals surface area contributed by atoms with E-state index < -0.39 is 28.6 Å². The monoisotopic (exact) mass is 223 g/mol. The van der Waals surface area contributed by atoms with Gasteiger partial charge in [-0.1, -0.05) is 0 Å². The molecule has 0 saturated heterocycles. The highest BCUT2D eigenvalue weighted by atomic mass is 32.2. The van der Waals surface area contributed by atoms with Crippen molar-refractivity contribution in [1.29, 1.82) is 0 Å². The van der Waals surface area contributed by atoms with Crippen LogP contribution in [0.1, 0.15) is 5.56 Å². The van der Waals surface area contributed by atoms with Gasteiger partial charge in [0.15, 0.2) is 0 Å². The Balaban J connectivity index is 2.78. The van der Waals surface area contributed by atoms with Crippen LogP contribution in [0.15, 0.2) is 12.1 Å². The first-order valence-corrected chi connectivity index (χ1v) is 5.35. The molecule has 0 saturated carbocycles. The van der Waals surface area contributed by atoms with Crippen LogP contribution in [0.25, 0.3) is 0 Å². The van der Waals surface area contributed by atoms with Gasteiger partial charge in [-0.2, -0.15) is 22.2 Å². The van der Waals surface area contributed by atoms with Gasteiger partial charge in [0.25, 0.3) is 10.1 Å². The lowest BCUT2D eigenvalue weighted by molar-refractivity contribution is 0.309. The van der Waals surface area contributed by atoms with Gasteiger partial charge in [-0.05, 0) is 17.7 Å². The van der Waals surface area contributed by atoms with Crippen LogP contribution in [0.4, 0.5) is 8.78 Å². The maximum absolute atomic E-state index is 12.5. The van der Waals surface area contributed by atoms with E-state index in [2.05, 4.69) is 9.17 Å². The Morgan fingerprint density at radius 1 is 1.36 bits per heavy atom. The maximum atomic E-state index is 12.5. The van der Waals surface area contributed by atoms with E-state index in [9.17, 15) is 17.2 Å². The molecule has 1 aromatic rings. The smallest absolute Gasteiger partial charge is 0.264 e. The highest BCUT2D eigenvalue weighted by Crippen LogP contribution is 2.06. The molecule has 0 aliphatic heterocycles. The van der Waals surface area contributed by atoms with Gasteiger partial charge >= 0.3 is 0 Å². The van der Waals surface area contributed by atoms with Crippen LogP contribution in [0.5, 0.6) is 0 Å². The molecule has 0 N–H and O–H groups in total. The third-order valence-corrected chi connectivity index (χ3v) is 1.81. The Hall–Kier alpha value is -1.08. The number of hydrogen-bond acceptors (Lipinski definition) is 4. The SMILES string of the molecule is CS(=O)(=O)OCc1cc(F)nc(F)c1. The molecule has 1 heterocycles. The van der Waals surface area contributed by atoms with Gasteiger partial charge in [0, 0.05) is 0 Å². The Kier molecular flexibility index (Phi) is 3.12. The van der Waals surface area contributed by atoms with Gasteiger partial charge in [-0.25, -0.2) is 0 Å². The summed E-state index contributed by atoms with van der Waals surface area (Å²) in [5.74, 6) is -2.03. The number of rotatable bonds is 3. The quantitative estimate of drug-likeness (QED) is 0.562. The highest BCUT2D eigenvalue weighted by molar-refractivity contribution is 7.85. The van der Waals surface area contributed by atoms with Crippen molar-refractivity contribution in [1.82, 2.24) is 4.98 Å². The van der Waals surface area contributed by atoms with Crippen LogP contribution >= 0.6 is 0 Å². The van der Waals surface area contributed by atoms with Crippen molar-refractivity contribution < 1.29 is 21.4 Å². The minimum absolute atomic E-state index is 0.0698. The molecular formula is C7H7F2NO3S. The number of pyridine rings is 1. The maximum Gasteiger partial charge on any atom is 0.264 e. The Labute approximate surface area is 79.7 Å². The molecule has 1 aromatic heterocycles. The van der Waals surface area contributed by atoms with E-state index in [1.807, 2.05) is 0 Å². The highest BCUT2D eigenvalue weighted by Gasteiger charge is 2.06. The number of hydrogen-bond donors (Lipinski definition) is 0. The van der Waals surface area contributed by atoms with Crippen LogP contribution < -0.4 is 0 Å². The summed E-state index contributed by atoms with van der Waals surface area (Å²) in [6, 6.07) is 1.79. The molecule has 0 aliphatic rings. The fourth-order valence-electron chi connectivity index (χ4n) is 0.773. The van der Waals surface area contributed by atoms with Gasteiger partial charge < -0.3 is 0 Å². The van der Waals surface area contributed by atoms with Crippen LogP contribution in [0.3, 0.4) is 0 Å². The molecule has 0 bridgehead atoms. The summed E-state index contributed by atoms with van der Waals surface area (Å²) in [4.78, 5) is 2.84. The first-order valence-electron chi connectivity index (χ1n) is 3.53. The van der Waals surface area contributed by atoms with E-state index in [-0.39, 0.29) is 5.56 Å². The zero-order chi connectivity index (χ0) is 10.8. The first kappa shape index (κ1) is 11.0. The second-order valence-electron chi connectivity index (χ2n) is 2.59. The second kappa shape index (κ2) is 3.97. The van der Waals surface area contributed by atoms with Gasteiger partial charge in [0.1, 0.15) is 0 Å². The molecule has 0 atom stereocenters. The van der Waals surface area contributed by atoms with E-state index in [4.69, 9.17) is 0 Å². The molecule has 4 nitrogen and oxygen atoms in total. The van der Waals surface area contributed by atoms with Gasteiger partial charge in [0.2, 0.25) is 11.9 Å². The van der Waals surface area contributed by atoms with Crippen molar-refractivity contribution in [2.45, 2.75) is 6.61 Å². The van der Waals surface area contributed by atoms with Crippen LogP contribution in [-0.4, -0.2) is 19.7 Å². The minimum Gasteiger partial charge on any atom is -0.265 e. The Morgan fingerprint density at radius 3 is 2.29 bits per heavy atom. The molecule has 0 unspecified atom stereocenters. The zero-order valence-corrected chi connectivity index (χ0v) is 8.01. The lowest BCUT2D eigenvalue weighted by Crippen LogP contribution is -2.03. The lowest BCUT2D eigenvalue weighted by atomic mass is 10.3. The van der Waals surface area contributed by atoms with Crippen molar-refractivity contribution in [2.24, 2.45) is 0 Å². The van der Waals surface area contributed by atoms with Crippen molar-refractivity contribution in [3.8, 4) is 0 Å². The lowest BCUT2D eigenvalue weighted by Gasteiger charge is -2.01. The number of halogens is 2. The van der Waals surface area contributed by atoms with Crippen molar-refractivity contribution in [3.05, 3.63) is 29.6 Å². The second-order valence-corrected chi connectivity index (χ2v) is 4.23. The first-order chi connectivity index (χ1) is 6.37. The van der Waals surface area contributed by atoms with E-state index >= 15 is 0 Å². The average Bonchev–Trinajstić information content (AvgIpc) is 1.97. The summed E-state index contributed by atoms with van der Waals surface area (Å²) in [6.45, 7) is -0.408. The molecule has 78 valence electrons. The molecule has 0 aliphatic carbocycles. The third kappa shape index (κ3) is 3.75. The summed E-state index contributed by atoms with van der Waals surface area (Å²) < 4.78 is 50.4. The van der Waals surface area contributed by atoms with E-state index in [1.165, 1.54) is 0 Å². The van der Waals surface area contributed by atoms with Crippen LogP contribution in [0.2, 0.25) is 0 Å². The predicted molar refractivity (Wildman–Crippen MR) is 43.8 cm³/mol. The molecule has 7 heteroatoms. The van der Waals surface area contributed by atoms with E-state index in [1.54, 1.807) is 0 Å². The molecule has 1 rings (SSSR count). The normalized spacial score (nSPS) is 11.6. The Bertz CT molecular complexity index is 412. The Morgan fingerprint density at radius 2 is 1.86 bits per heavy atom. The summed E-state index contributed by atoms with van der Waals surface area (Å²) >= 11 is 0. The summed E-state index contributed by atoms with van der Waals surface area (Å²) in [6.07, 6.45) is 0.848. The molecule has 0 radical (unpaired) electrons. The van der Waals surface area contributed by atoms with E-state index in [0.717, 1.165) is 18.4 Å². The summed E-state index contributed by atoms with van der Waals surface area (Å²) in [7, 11) is -3.61. The molecule has 0 spiro atoms. The molecule has 0 amide bonds. The van der Waals surface area contributed by atoms with E-state index in [0.29, 0.717) is 0 Å². The average molecular weight is 223 g/mol. The molecule has 0 aromatic carbocycles. The predicted octanol–water partition coefficient (Wildman–Crippen LogP) is 0.836. The minimum atomic E-state index is -3.61. The zero-order valence-electron chi connectivity index (χ0n) is 7.20. The molecule has 0 fully saturated rings. The third-order valence-electron chi connectivity index (χ3n) is 1.26. The van der Waals surface area contributed by atoms with Gasteiger partial charge in [0.05, 0.1) is 12.9 Å². The summed E-state index contributed by atoms with van der Waals surface area (Å²) in [5, 5.41) is 0. The molecular weight excluding hydrogens is 216 g/mol. The van der Waals surface area contributed by atoms with Crippen molar-refractivity contribution in [3.63, 3.8) is 0 Å². The van der Waals surface area contributed by atoms with Gasteiger partial charge in [-0.15, -0.1) is 0 Å².